The minimum atomic E-state index is -0.669. The van der Waals surface area contributed by atoms with Crippen LogP contribution in [0.1, 0.15) is 60.9 Å². The molecule has 1 unspecified atom stereocenters. The molecular formula is C23H21N3O5. The van der Waals surface area contributed by atoms with Gasteiger partial charge in [-0.25, -0.2) is 0 Å². The van der Waals surface area contributed by atoms with E-state index in [2.05, 4.69) is 4.98 Å². The van der Waals surface area contributed by atoms with Crippen LogP contribution < -0.4 is 5.73 Å². The predicted molar refractivity (Wildman–Crippen MR) is 113 cm³/mol. The number of rotatable bonds is 1. The number of H-pyrrole nitrogens is 1. The minimum Gasteiger partial charge on any atom is -0.506 e. The van der Waals surface area contributed by atoms with Crippen LogP contribution in [0.5, 0.6) is 11.5 Å². The molecule has 0 bridgehead atoms. The van der Waals surface area contributed by atoms with Crippen molar-refractivity contribution in [2.24, 2.45) is 5.73 Å². The van der Waals surface area contributed by atoms with Crippen molar-refractivity contribution in [3.63, 3.8) is 0 Å². The monoisotopic (exact) mass is 419 g/mol. The fourth-order valence-corrected chi connectivity index (χ4v) is 4.74. The number of aryl methyl sites for hydroxylation is 1. The van der Waals surface area contributed by atoms with Gasteiger partial charge in [0.1, 0.15) is 11.5 Å². The maximum atomic E-state index is 13.5. The Balaban J connectivity index is 1.72. The molecule has 1 aliphatic heterocycles. The standard InChI is InChI=1S/C23H21N3O5/c1-10-14(23(31)26-8-4-5-11(24)9-26)15-18(25-10)22(30)17-16(21(15)29)19(27)12-6-2-3-7-13(12)20(17)28/h2-3,6-7,11,25,27-28H,4-5,8-9,24H2,1H3. The number of nitrogens with two attached hydrogens (primary N) is 1. The van der Waals surface area contributed by atoms with E-state index in [4.69, 9.17) is 5.73 Å². The first-order valence-corrected chi connectivity index (χ1v) is 10.1. The number of aromatic nitrogens is 1. The number of nitrogens with one attached hydrogen (secondary N) is 1. The van der Waals surface area contributed by atoms with E-state index in [9.17, 15) is 24.6 Å². The van der Waals surface area contributed by atoms with Crippen LogP contribution in [-0.4, -0.2) is 56.7 Å². The summed E-state index contributed by atoms with van der Waals surface area (Å²) >= 11 is 0. The Hall–Kier alpha value is -3.65. The maximum Gasteiger partial charge on any atom is 0.256 e. The molecule has 3 aromatic rings. The van der Waals surface area contributed by atoms with Crippen LogP contribution >= 0.6 is 0 Å². The van der Waals surface area contributed by atoms with Gasteiger partial charge in [-0.3, -0.25) is 14.4 Å². The summed E-state index contributed by atoms with van der Waals surface area (Å²) in [5.74, 6) is -2.43. The zero-order valence-electron chi connectivity index (χ0n) is 16.9. The van der Waals surface area contributed by atoms with Crippen LogP contribution in [0.2, 0.25) is 0 Å². The Labute approximate surface area is 177 Å². The highest BCUT2D eigenvalue weighted by Crippen LogP contribution is 2.45. The quantitative estimate of drug-likeness (QED) is 0.349. The summed E-state index contributed by atoms with van der Waals surface area (Å²) in [6.45, 7) is 2.51. The number of carbonyl (C=O) groups is 3. The zero-order chi connectivity index (χ0) is 22.0. The van der Waals surface area contributed by atoms with Crippen LogP contribution in [0.15, 0.2) is 24.3 Å². The summed E-state index contributed by atoms with van der Waals surface area (Å²) in [5.41, 5.74) is 5.85. The fourth-order valence-electron chi connectivity index (χ4n) is 4.74. The molecule has 0 saturated carbocycles. The second kappa shape index (κ2) is 6.68. The van der Waals surface area contributed by atoms with Gasteiger partial charge in [-0.1, -0.05) is 24.3 Å². The molecule has 8 nitrogen and oxygen atoms in total. The van der Waals surface area contributed by atoms with Gasteiger partial charge in [0.2, 0.25) is 11.6 Å². The molecule has 1 saturated heterocycles. The van der Waals surface area contributed by atoms with E-state index in [0.29, 0.717) is 18.8 Å². The summed E-state index contributed by atoms with van der Waals surface area (Å²) in [6, 6.07) is 6.29. The van der Waals surface area contributed by atoms with Gasteiger partial charge in [0.05, 0.1) is 27.9 Å². The first-order chi connectivity index (χ1) is 14.8. The molecule has 8 heteroatoms. The number of fused-ring (bicyclic) bond motifs is 3. The van der Waals surface area contributed by atoms with Crippen molar-refractivity contribution in [3.8, 4) is 11.5 Å². The van der Waals surface area contributed by atoms with Crippen LogP contribution in [0, 0.1) is 6.92 Å². The second-order valence-electron chi connectivity index (χ2n) is 8.18. The molecule has 5 N–H and O–H groups in total. The number of hydrogen-bond donors (Lipinski definition) is 4. The lowest BCUT2D eigenvalue weighted by Crippen LogP contribution is -2.46. The number of aromatic hydroxyl groups is 2. The summed E-state index contributed by atoms with van der Waals surface area (Å²) in [5, 5.41) is 22.1. The first-order valence-electron chi connectivity index (χ1n) is 10.1. The van der Waals surface area contributed by atoms with Crippen LogP contribution in [-0.2, 0) is 0 Å². The largest absolute Gasteiger partial charge is 0.506 e. The third-order valence-corrected chi connectivity index (χ3v) is 6.22. The zero-order valence-corrected chi connectivity index (χ0v) is 16.9. The number of carbonyl (C=O) groups excluding carboxylic acids is 3. The van der Waals surface area contributed by atoms with E-state index in [1.54, 1.807) is 36.1 Å². The Bertz CT molecular complexity index is 1310. The van der Waals surface area contributed by atoms with Gasteiger partial charge >= 0.3 is 0 Å². The van der Waals surface area contributed by atoms with E-state index in [0.717, 1.165) is 12.8 Å². The number of aromatic amines is 1. The summed E-state index contributed by atoms with van der Waals surface area (Å²) < 4.78 is 0. The number of phenols is 2. The van der Waals surface area contributed by atoms with Crippen molar-refractivity contribution >= 4 is 28.2 Å². The topological polar surface area (TPSA) is 137 Å². The van der Waals surface area contributed by atoms with Crippen molar-refractivity contribution < 1.29 is 24.6 Å². The third-order valence-electron chi connectivity index (χ3n) is 6.22. The average molecular weight is 419 g/mol. The Morgan fingerprint density at radius 1 is 1.06 bits per heavy atom. The number of piperidine rings is 1. The summed E-state index contributed by atoms with van der Waals surface area (Å²) in [4.78, 5) is 44.6. The number of phenolic OH excluding ortho intramolecular Hbond substituents is 2. The van der Waals surface area contributed by atoms with Crippen molar-refractivity contribution in [1.29, 1.82) is 0 Å². The Morgan fingerprint density at radius 3 is 2.29 bits per heavy atom. The van der Waals surface area contributed by atoms with Crippen LogP contribution in [0.4, 0.5) is 0 Å². The molecule has 2 aromatic carbocycles. The number of amides is 1. The highest BCUT2D eigenvalue weighted by molar-refractivity contribution is 6.34. The third kappa shape index (κ3) is 2.61. The van der Waals surface area contributed by atoms with E-state index >= 15 is 0 Å². The molecule has 1 fully saturated rings. The minimum absolute atomic E-state index is 0.0513. The van der Waals surface area contributed by atoms with Gasteiger partial charge in [0, 0.05) is 35.6 Å². The van der Waals surface area contributed by atoms with Gasteiger partial charge < -0.3 is 25.8 Å². The SMILES string of the molecule is Cc1[nH]c2c(c1C(=O)N1CCCC(N)C1)C(=O)c1c(c(O)c3ccccc3c1O)C2=O. The second-order valence-corrected chi connectivity index (χ2v) is 8.18. The van der Waals surface area contributed by atoms with Crippen LogP contribution in [0.25, 0.3) is 10.8 Å². The van der Waals surface area contributed by atoms with E-state index < -0.39 is 11.6 Å². The molecule has 1 atom stereocenters. The van der Waals surface area contributed by atoms with Gasteiger partial charge in [-0.2, -0.15) is 0 Å². The summed E-state index contributed by atoms with van der Waals surface area (Å²) in [7, 11) is 0. The highest BCUT2D eigenvalue weighted by Gasteiger charge is 2.41. The molecule has 1 amide bonds. The number of benzene rings is 2. The van der Waals surface area contributed by atoms with Gasteiger partial charge in [-0.15, -0.1) is 0 Å². The molecule has 0 radical (unpaired) electrons. The lowest BCUT2D eigenvalue weighted by atomic mass is 9.83. The average Bonchev–Trinajstić information content (AvgIpc) is 3.11. The van der Waals surface area contributed by atoms with Crippen molar-refractivity contribution in [2.45, 2.75) is 25.8 Å². The molecule has 31 heavy (non-hydrogen) atoms. The van der Waals surface area contributed by atoms with Crippen LogP contribution in [0.3, 0.4) is 0 Å². The molecule has 2 heterocycles. The van der Waals surface area contributed by atoms with Crippen molar-refractivity contribution in [1.82, 2.24) is 9.88 Å². The Morgan fingerprint density at radius 2 is 1.68 bits per heavy atom. The molecule has 2 aliphatic rings. The molecule has 158 valence electrons. The van der Waals surface area contributed by atoms with E-state index in [1.165, 1.54) is 0 Å². The molecule has 0 spiro atoms. The molecule has 5 rings (SSSR count). The normalized spacial score (nSPS) is 18.3. The number of likely N-dealkylation sites (tertiary alicyclic amines) is 1. The first kappa shape index (κ1) is 19.3. The van der Waals surface area contributed by atoms with Gasteiger partial charge in [0.25, 0.3) is 5.91 Å². The fraction of sp³-hybridized carbons (Fsp3) is 0.261. The molecule has 1 aromatic heterocycles. The number of ketones is 2. The lowest BCUT2D eigenvalue weighted by molar-refractivity contribution is 0.0704. The van der Waals surface area contributed by atoms with Crippen molar-refractivity contribution in [2.75, 3.05) is 13.1 Å². The van der Waals surface area contributed by atoms with Gasteiger partial charge in [-0.05, 0) is 19.8 Å². The predicted octanol–water partition coefficient (Wildman–Crippen LogP) is 2.23. The lowest BCUT2D eigenvalue weighted by Gasteiger charge is -2.31. The smallest absolute Gasteiger partial charge is 0.256 e. The highest BCUT2D eigenvalue weighted by atomic mass is 16.3. The number of nitrogens with zero attached hydrogens (tertiary/aromatic N) is 1. The van der Waals surface area contributed by atoms with E-state index in [1.807, 2.05) is 0 Å². The van der Waals surface area contributed by atoms with E-state index in [-0.39, 0.29) is 62.2 Å². The van der Waals surface area contributed by atoms with Gasteiger partial charge in [0.15, 0.2) is 0 Å². The molecule has 1 aliphatic carbocycles. The summed E-state index contributed by atoms with van der Waals surface area (Å²) in [6.07, 6.45) is 1.58. The molecular weight excluding hydrogens is 398 g/mol. The maximum absolute atomic E-state index is 13.5. The van der Waals surface area contributed by atoms with Crippen molar-refractivity contribution in [3.05, 3.63) is 57.9 Å². The Kier molecular flexibility index (Phi) is 4.16. The number of hydrogen-bond acceptors (Lipinski definition) is 6.